The number of aryl methyl sites for hydroxylation is 1. The summed E-state index contributed by atoms with van der Waals surface area (Å²) in [6.07, 6.45) is 0. The van der Waals surface area contributed by atoms with Crippen LogP contribution in [-0.4, -0.2) is 21.1 Å². The third-order valence-corrected chi connectivity index (χ3v) is 3.37. The van der Waals surface area contributed by atoms with Crippen molar-refractivity contribution in [2.24, 2.45) is 5.73 Å². The molecule has 0 amide bonds. The highest BCUT2D eigenvalue weighted by atomic mass is 32.2. The summed E-state index contributed by atoms with van der Waals surface area (Å²) in [5.41, 5.74) is 8.60. The van der Waals surface area contributed by atoms with Gasteiger partial charge in [0, 0.05) is 0 Å². The largest absolute Gasteiger partial charge is 0.387 e. The van der Waals surface area contributed by atoms with Gasteiger partial charge < -0.3 is 10.7 Å². The van der Waals surface area contributed by atoms with Crippen LogP contribution >= 0.6 is 11.8 Å². The molecule has 0 saturated heterocycles. The molecule has 84 valence electrons. The molecule has 2 rings (SSSR count). The van der Waals surface area contributed by atoms with Crippen LogP contribution in [0.1, 0.15) is 12.5 Å². The molecule has 2 aromatic rings. The van der Waals surface area contributed by atoms with Crippen molar-refractivity contribution in [2.75, 3.05) is 0 Å². The van der Waals surface area contributed by atoms with Gasteiger partial charge in [0.2, 0.25) is 0 Å². The molecule has 4 nitrogen and oxygen atoms in total. The number of nitrogens with zero attached hydrogens (tertiary/aromatic N) is 1. The molecule has 1 heterocycles. The standard InChI is InChI=1S/C11H14N4S/c1-6-3-4-8-9(5-6)15-11(14-8)16-7(2)10(12)13/h3-5,7H,1-2H3,(H3,12,13)(H,14,15). The van der Waals surface area contributed by atoms with Crippen LogP contribution in [0.15, 0.2) is 23.4 Å². The minimum atomic E-state index is -0.0540. The van der Waals surface area contributed by atoms with E-state index in [2.05, 4.69) is 16.0 Å². The third kappa shape index (κ3) is 2.19. The van der Waals surface area contributed by atoms with Crippen LogP contribution in [0, 0.1) is 12.3 Å². The second kappa shape index (κ2) is 4.17. The summed E-state index contributed by atoms with van der Waals surface area (Å²) in [4.78, 5) is 7.65. The fourth-order valence-corrected chi connectivity index (χ4v) is 2.17. The Morgan fingerprint density at radius 1 is 1.56 bits per heavy atom. The van der Waals surface area contributed by atoms with Crippen molar-refractivity contribution in [3.05, 3.63) is 23.8 Å². The number of hydrogen-bond acceptors (Lipinski definition) is 3. The monoisotopic (exact) mass is 234 g/mol. The van der Waals surface area contributed by atoms with Crippen LogP contribution in [0.4, 0.5) is 0 Å². The van der Waals surface area contributed by atoms with Gasteiger partial charge in [0.15, 0.2) is 5.16 Å². The van der Waals surface area contributed by atoms with Crippen LogP contribution in [0.3, 0.4) is 0 Å². The van der Waals surface area contributed by atoms with E-state index in [1.807, 2.05) is 26.0 Å². The third-order valence-electron chi connectivity index (χ3n) is 2.34. The average Bonchev–Trinajstić information content (AvgIpc) is 2.58. The van der Waals surface area contributed by atoms with Crippen molar-refractivity contribution < 1.29 is 0 Å². The second-order valence-corrected chi connectivity index (χ2v) is 5.11. The lowest BCUT2D eigenvalue weighted by molar-refractivity contribution is 1.07. The van der Waals surface area contributed by atoms with E-state index in [-0.39, 0.29) is 11.1 Å². The zero-order valence-corrected chi connectivity index (χ0v) is 10.1. The highest BCUT2D eigenvalue weighted by Gasteiger charge is 2.10. The molecule has 1 aromatic heterocycles. The van der Waals surface area contributed by atoms with Crippen LogP contribution < -0.4 is 5.73 Å². The summed E-state index contributed by atoms with van der Waals surface area (Å²) >= 11 is 1.47. The summed E-state index contributed by atoms with van der Waals surface area (Å²) in [5.74, 6) is 0.168. The Morgan fingerprint density at radius 2 is 2.31 bits per heavy atom. The topological polar surface area (TPSA) is 78.6 Å². The number of imidazole rings is 1. The molecule has 0 radical (unpaired) electrons. The molecule has 0 spiro atoms. The van der Waals surface area contributed by atoms with Gasteiger partial charge in [0.25, 0.3) is 0 Å². The van der Waals surface area contributed by atoms with E-state index in [4.69, 9.17) is 11.1 Å². The van der Waals surface area contributed by atoms with Gasteiger partial charge in [-0.1, -0.05) is 17.8 Å². The molecule has 4 N–H and O–H groups in total. The van der Waals surface area contributed by atoms with Crippen molar-refractivity contribution in [3.8, 4) is 0 Å². The molecule has 0 aliphatic rings. The molecule has 0 bridgehead atoms. The Balaban J connectivity index is 2.29. The quantitative estimate of drug-likeness (QED) is 0.433. The summed E-state index contributed by atoms with van der Waals surface area (Å²) in [5, 5.41) is 8.09. The van der Waals surface area contributed by atoms with Crippen molar-refractivity contribution >= 4 is 28.6 Å². The number of hydrogen-bond donors (Lipinski definition) is 3. The number of aromatic amines is 1. The van der Waals surface area contributed by atoms with Crippen LogP contribution in [0.2, 0.25) is 0 Å². The molecule has 1 unspecified atom stereocenters. The van der Waals surface area contributed by atoms with Gasteiger partial charge >= 0.3 is 0 Å². The second-order valence-electron chi connectivity index (χ2n) is 3.78. The van der Waals surface area contributed by atoms with Crippen LogP contribution in [0.25, 0.3) is 11.0 Å². The predicted molar refractivity (Wildman–Crippen MR) is 68.1 cm³/mol. The smallest absolute Gasteiger partial charge is 0.167 e. The number of rotatable bonds is 3. The number of H-pyrrole nitrogens is 1. The predicted octanol–water partition coefficient (Wildman–Crippen LogP) is 2.29. The normalized spacial score (nSPS) is 12.9. The minimum absolute atomic E-state index is 0.0540. The van der Waals surface area contributed by atoms with Crippen molar-refractivity contribution in [1.82, 2.24) is 9.97 Å². The van der Waals surface area contributed by atoms with Crippen molar-refractivity contribution in [3.63, 3.8) is 0 Å². The van der Waals surface area contributed by atoms with Gasteiger partial charge in [-0.05, 0) is 31.5 Å². The van der Waals surface area contributed by atoms with E-state index in [0.29, 0.717) is 0 Å². The van der Waals surface area contributed by atoms with E-state index in [9.17, 15) is 0 Å². The van der Waals surface area contributed by atoms with Gasteiger partial charge in [-0.3, -0.25) is 5.41 Å². The van der Waals surface area contributed by atoms with Gasteiger partial charge in [-0.2, -0.15) is 0 Å². The van der Waals surface area contributed by atoms with Gasteiger partial charge in [0.05, 0.1) is 16.3 Å². The summed E-state index contributed by atoms with van der Waals surface area (Å²) in [6.45, 7) is 3.94. The van der Waals surface area contributed by atoms with E-state index >= 15 is 0 Å². The first-order chi connectivity index (χ1) is 7.56. The Hall–Kier alpha value is -1.49. The molecule has 0 fully saturated rings. The minimum Gasteiger partial charge on any atom is -0.387 e. The molecule has 1 atom stereocenters. The first-order valence-electron chi connectivity index (χ1n) is 5.03. The number of aromatic nitrogens is 2. The lowest BCUT2D eigenvalue weighted by atomic mass is 10.2. The highest BCUT2D eigenvalue weighted by Crippen LogP contribution is 2.23. The maximum atomic E-state index is 7.33. The zero-order valence-electron chi connectivity index (χ0n) is 9.24. The zero-order chi connectivity index (χ0) is 11.7. The maximum absolute atomic E-state index is 7.33. The Morgan fingerprint density at radius 3 is 3.00 bits per heavy atom. The molecular weight excluding hydrogens is 220 g/mol. The van der Waals surface area contributed by atoms with Gasteiger partial charge in [-0.15, -0.1) is 0 Å². The number of amidine groups is 1. The number of fused-ring (bicyclic) bond motifs is 1. The molecule has 1 aromatic carbocycles. The Kier molecular flexibility index (Phi) is 2.87. The van der Waals surface area contributed by atoms with Crippen molar-refractivity contribution in [2.45, 2.75) is 24.3 Å². The Labute approximate surface area is 98.1 Å². The molecule has 16 heavy (non-hydrogen) atoms. The lowest BCUT2D eigenvalue weighted by Crippen LogP contribution is -2.21. The van der Waals surface area contributed by atoms with E-state index in [1.165, 1.54) is 17.3 Å². The number of nitrogens with two attached hydrogens (primary N) is 1. The van der Waals surface area contributed by atoms with Crippen LogP contribution in [-0.2, 0) is 0 Å². The van der Waals surface area contributed by atoms with Crippen LogP contribution in [0.5, 0.6) is 0 Å². The first kappa shape index (κ1) is 11.0. The fraction of sp³-hybridized carbons (Fsp3) is 0.273. The van der Waals surface area contributed by atoms with Crippen molar-refractivity contribution in [1.29, 1.82) is 5.41 Å². The summed E-state index contributed by atoms with van der Waals surface area (Å²) in [7, 11) is 0. The van der Waals surface area contributed by atoms with Gasteiger partial charge in [-0.25, -0.2) is 4.98 Å². The van der Waals surface area contributed by atoms with E-state index in [1.54, 1.807) is 0 Å². The summed E-state index contributed by atoms with van der Waals surface area (Å²) in [6, 6.07) is 6.08. The average molecular weight is 234 g/mol. The molecule has 0 aliphatic heterocycles. The highest BCUT2D eigenvalue weighted by molar-refractivity contribution is 8.00. The fourth-order valence-electron chi connectivity index (χ4n) is 1.39. The molecule has 0 aliphatic carbocycles. The molecule has 0 saturated carbocycles. The lowest BCUT2D eigenvalue weighted by Gasteiger charge is -2.05. The Bertz CT molecular complexity index is 532. The number of nitrogens with one attached hydrogen (secondary N) is 2. The number of thioether (sulfide) groups is 1. The van der Waals surface area contributed by atoms with E-state index in [0.717, 1.165) is 16.2 Å². The van der Waals surface area contributed by atoms with Gasteiger partial charge in [0.1, 0.15) is 5.84 Å². The first-order valence-corrected chi connectivity index (χ1v) is 5.91. The molecular formula is C11H14N4S. The summed E-state index contributed by atoms with van der Waals surface area (Å²) < 4.78 is 0. The SMILES string of the molecule is Cc1ccc2nc(SC(C)C(=N)N)[nH]c2c1. The van der Waals surface area contributed by atoms with E-state index < -0.39 is 0 Å². The molecule has 5 heteroatoms. The maximum Gasteiger partial charge on any atom is 0.167 e. The number of benzene rings is 1.